The lowest BCUT2D eigenvalue weighted by Gasteiger charge is -2.35. The van der Waals surface area contributed by atoms with Crippen LogP contribution in [0.5, 0.6) is 0 Å². The number of ether oxygens (including phenoxy) is 1. The molecule has 0 saturated heterocycles. The van der Waals surface area contributed by atoms with Crippen LogP contribution in [0.2, 0.25) is 0 Å². The predicted molar refractivity (Wildman–Crippen MR) is 103 cm³/mol. The molecule has 0 spiro atoms. The van der Waals surface area contributed by atoms with E-state index in [1.807, 2.05) is 12.1 Å². The predicted octanol–water partition coefficient (Wildman–Crippen LogP) is 4.92. The largest absolute Gasteiger partial charge is 0.443 e. The van der Waals surface area contributed by atoms with E-state index in [1.165, 1.54) is 0 Å². The van der Waals surface area contributed by atoms with Crippen LogP contribution >= 0.6 is 0 Å². The Kier molecular flexibility index (Phi) is 4.99. The van der Waals surface area contributed by atoms with Crippen LogP contribution in [-0.4, -0.2) is 30.0 Å². The van der Waals surface area contributed by atoms with Gasteiger partial charge in [-0.2, -0.15) is 4.31 Å². The molecule has 0 aromatic heterocycles. The number of carbonyl (C=O) groups is 1. The highest BCUT2D eigenvalue weighted by atomic mass is 32.2. The highest BCUT2D eigenvalue weighted by Gasteiger charge is 2.46. The molecule has 146 valence electrons. The first-order chi connectivity index (χ1) is 11.6. The number of hydrogen-bond acceptors (Lipinski definition) is 4. The van der Waals surface area contributed by atoms with Crippen molar-refractivity contribution in [3.05, 3.63) is 29.8 Å². The maximum atomic E-state index is 13.2. The summed E-state index contributed by atoms with van der Waals surface area (Å²) in [7, 11) is -4.02. The lowest BCUT2D eigenvalue weighted by molar-refractivity contribution is 0.0282. The molecule has 1 fully saturated rings. The molecule has 1 aromatic carbocycles. The molecule has 0 aliphatic heterocycles. The SMILES string of the molecule is CC(C)(C)OC(=O)N(C(C)(C)C)S(=O)(=O)c1ccc([C@H]2CC2(C)C)cc1. The van der Waals surface area contributed by atoms with Gasteiger partial charge < -0.3 is 4.74 Å². The van der Waals surface area contributed by atoms with Gasteiger partial charge in [0.1, 0.15) is 5.60 Å². The van der Waals surface area contributed by atoms with Gasteiger partial charge in [0.2, 0.25) is 0 Å². The summed E-state index contributed by atoms with van der Waals surface area (Å²) in [4.78, 5) is 12.7. The molecule has 1 atom stereocenters. The summed E-state index contributed by atoms with van der Waals surface area (Å²) in [6.45, 7) is 14.6. The lowest BCUT2D eigenvalue weighted by atomic mass is 10.0. The molecule has 1 aliphatic rings. The highest BCUT2D eigenvalue weighted by Crippen LogP contribution is 2.58. The van der Waals surface area contributed by atoms with Crippen LogP contribution in [0, 0.1) is 5.41 Å². The first-order valence-electron chi connectivity index (χ1n) is 8.94. The zero-order valence-corrected chi connectivity index (χ0v) is 17.9. The number of sulfonamides is 1. The fraction of sp³-hybridized carbons (Fsp3) is 0.650. The number of carbonyl (C=O) groups excluding carboxylic acids is 1. The highest BCUT2D eigenvalue weighted by molar-refractivity contribution is 7.89. The number of nitrogens with zero attached hydrogens (tertiary/aromatic N) is 1. The van der Waals surface area contributed by atoms with Gasteiger partial charge >= 0.3 is 6.09 Å². The molecule has 1 aliphatic carbocycles. The second-order valence-corrected chi connectivity index (χ2v) is 11.5. The summed E-state index contributed by atoms with van der Waals surface area (Å²) < 4.78 is 32.5. The molecule has 2 rings (SSSR count). The third kappa shape index (κ3) is 4.40. The van der Waals surface area contributed by atoms with Crippen LogP contribution in [0.4, 0.5) is 4.79 Å². The van der Waals surface area contributed by atoms with Crippen molar-refractivity contribution in [3.8, 4) is 0 Å². The molecule has 6 heteroatoms. The summed E-state index contributed by atoms with van der Waals surface area (Å²) in [6, 6.07) is 6.87. The minimum atomic E-state index is -4.02. The second kappa shape index (κ2) is 6.25. The van der Waals surface area contributed by atoms with Gasteiger partial charge in [0.25, 0.3) is 10.0 Å². The van der Waals surface area contributed by atoms with E-state index in [-0.39, 0.29) is 10.3 Å². The van der Waals surface area contributed by atoms with E-state index < -0.39 is 27.3 Å². The summed E-state index contributed by atoms with van der Waals surface area (Å²) >= 11 is 0. The van der Waals surface area contributed by atoms with E-state index in [4.69, 9.17) is 4.74 Å². The zero-order chi connectivity index (χ0) is 20.1. The quantitative estimate of drug-likeness (QED) is 0.745. The van der Waals surface area contributed by atoms with E-state index in [2.05, 4.69) is 13.8 Å². The Bertz CT molecular complexity index is 781. The fourth-order valence-electron chi connectivity index (χ4n) is 3.05. The minimum Gasteiger partial charge on any atom is -0.443 e. The molecular weight excluding hydrogens is 350 g/mol. The Morgan fingerprint density at radius 3 is 1.88 bits per heavy atom. The molecule has 0 N–H and O–H groups in total. The van der Waals surface area contributed by atoms with Crippen LogP contribution in [0.1, 0.15) is 73.3 Å². The maximum absolute atomic E-state index is 13.2. The molecular formula is C20H31NO4S. The van der Waals surface area contributed by atoms with E-state index in [1.54, 1.807) is 53.7 Å². The standard InChI is InChI=1S/C20H31NO4S/c1-18(2,3)21(17(22)25-19(4,5)6)26(23,24)15-11-9-14(10-12-15)16-13-20(16,7)8/h9-12,16H,13H2,1-8H3/t16-/m1/s1. The van der Waals surface area contributed by atoms with Crippen LogP contribution in [-0.2, 0) is 14.8 Å². The Morgan fingerprint density at radius 1 is 1.08 bits per heavy atom. The molecule has 1 aromatic rings. The summed E-state index contributed by atoms with van der Waals surface area (Å²) in [5.74, 6) is 0.462. The van der Waals surface area contributed by atoms with E-state index in [0.29, 0.717) is 5.92 Å². The first-order valence-corrected chi connectivity index (χ1v) is 10.4. The van der Waals surface area contributed by atoms with E-state index in [9.17, 15) is 13.2 Å². The Hall–Kier alpha value is -1.56. The van der Waals surface area contributed by atoms with Gasteiger partial charge in [-0.1, -0.05) is 26.0 Å². The smallest absolute Gasteiger partial charge is 0.424 e. The van der Waals surface area contributed by atoms with Crippen molar-refractivity contribution in [1.29, 1.82) is 0 Å². The van der Waals surface area contributed by atoms with Crippen LogP contribution in [0.25, 0.3) is 0 Å². The maximum Gasteiger partial charge on any atom is 0.424 e. The van der Waals surface area contributed by atoms with E-state index in [0.717, 1.165) is 16.3 Å². The Balaban J connectivity index is 2.36. The van der Waals surface area contributed by atoms with Crippen molar-refractivity contribution in [2.75, 3.05) is 0 Å². The molecule has 1 amide bonds. The third-order valence-electron chi connectivity index (χ3n) is 4.50. The van der Waals surface area contributed by atoms with E-state index >= 15 is 0 Å². The van der Waals surface area contributed by atoms with Crippen LogP contribution in [0.3, 0.4) is 0 Å². The van der Waals surface area contributed by atoms with Gasteiger partial charge in [0.15, 0.2) is 0 Å². The van der Waals surface area contributed by atoms with Crippen LogP contribution < -0.4 is 0 Å². The Morgan fingerprint density at radius 2 is 1.54 bits per heavy atom. The number of hydrogen-bond donors (Lipinski definition) is 0. The van der Waals surface area contributed by atoms with Crippen LogP contribution in [0.15, 0.2) is 29.2 Å². The summed E-state index contributed by atoms with van der Waals surface area (Å²) in [5.41, 5.74) is -0.321. The first kappa shape index (κ1) is 20.7. The number of rotatable bonds is 3. The van der Waals surface area contributed by atoms with Crippen molar-refractivity contribution >= 4 is 16.1 Å². The molecule has 0 radical (unpaired) electrons. The molecule has 0 heterocycles. The summed E-state index contributed by atoms with van der Waals surface area (Å²) in [5, 5.41) is 0. The van der Waals surface area contributed by atoms with Crippen molar-refractivity contribution in [3.63, 3.8) is 0 Å². The van der Waals surface area contributed by atoms with Gasteiger partial charge in [-0.25, -0.2) is 13.2 Å². The zero-order valence-electron chi connectivity index (χ0n) is 17.1. The average Bonchev–Trinajstić information content (AvgIpc) is 3.03. The number of amides is 1. The van der Waals surface area contributed by atoms with Crippen molar-refractivity contribution < 1.29 is 17.9 Å². The van der Waals surface area contributed by atoms with Crippen molar-refractivity contribution in [2.24, 2.45) is 5.41 Å². The molecule has 0 unspecified atom stereocenters. The van der Waals surface area contributed by atoms with Gasteiger partial charge in [0.05, 0.1) is 10.4 Å². The normalized spacial score (nSPS) is 19.8. The van der Waals surface area contributed by atoms with Gasteiger partial charge in [-0.15, -0.1) is 0 Å². The van der Waals surface area contributed by atoms with Gasteiger partial charge in [-0.05, 0) is 77.0 Å². The van der Waals surface area contributed by atoms with Crippen molar-refractivity contribution in [2.45, 2.75) is 83.8 Å². The number of benzene rings is 1. The average molecular weight is 382 g/mol. The van der Waals surface area contributed by atoms with Gasteiger partial charge in [-0.3, -0.25) is 0 Å². The second-order valence-electron chi connectivity index (χ2n) is 9.73. The van der Waals surface area contributed by atoms with Gasteiger partial charge in [0, 0.05) is 0 Å². The fourth-order valence-corrected chi connectivity index (χ4v) is 4.70. The topological polar surface area (TPSA) is 63.7 Å². The molecule has 0 bridgehead atoms. The lowest BCUT2D eigenvalue weighted by Crippen LogP contribution is -2.51. The minimum absolute atomic E-state index is 0.0977. The molecule has 26 heavy (non-hydrogen) atoms. The third-order valence-corrected chi connectivity index (χ3v) is 6.55. The molecule has 5 nitrogen and oxygen atoms in total. The molecule has 1 saturated carbocycles. The van der Waals surface area contributed by atoms with Crippen molar-refractivity contribution in [1.82, 2.24) is 4.31 Å². The Labute approximate surface area is 157 Å². The monoisotopic (exact) mass is 381 g/mol. The summed E-state index contributed by atoms with van der Waals surface area (Å²) in [6.07, 6.45) is 0.239.